The molecule has 140 valence electrons. The van der Waals surface area contributed by atoms with Crippen molar-refractivity contribution in [3.63, 3.8) is 0 Å². The van der Waals surface area contributed by atoms with Crippen LogP contribution in [-0.4, -0.2) is 42.6 Å². The van der Waals surface area contributed by atoms with Gasteiger partial charge in [-0.15, -0.1) is 0 Å². The Labute approximate surface area is 148 Å². The van der Waals surface area contributed by atoms with Crippen molar-refractivity contribution in [1.82, 2.24) is 0 Å². The predicted octanol–water partition coefficient (Wildman–Crippen LogP) is 3.91. The van der Waals surface area contributed by atoms with Crippen LogP contribution in [0.15, 0.2) is 23.8 Å². The zero-order valence-electron chi connectivity index (χ0n) is 16.2. The van der Waals surface area contributed by atoms with Crippen molar-refractivity contribution in [2.45, 2.75) is 77.5 Å². The number of aliphatic hydroxyl groups is 1. The fourth-order valence-corrected chi connectivity index (χ4v) is 3.48. The minimum Gasteiger partial charge on any atom is -0.396 e. The largest absolute Gasteiger partial charge is 0.396 e. The molecule has 0 fully saturated rings. The Hall–Kier alpha value is -0.680. The minimum absolute atomic E-state index is 0.127. The quantitative estimate of drug-likeness (QED) is 0.197. The van der Waals surface area contributed by atoms with E-state index in [4.69, 9.17) is 10.7 Å². The summed E-state index contributed by atoms with van der Waals surface area (Å²) in [6.45, 7) is 4.75. The molecule has 3 unspecified atom stereocenters. The molecule has 0 heterocycles. The normalized spacial score (nSPS) is 21.2. The first-order valence-corrected chi connectivity index (χ1v) is 9.62. The maximum absolute atomic E-state index is 9.36. The lowest BCUT2D eigenvalue weighted by atomic mass is 10.0. The van der Waals surface area contributed by atoms with Crippen molar-refractivity contribution in [2.24, 2.45) is 11.8 Å². The van der Waals surface area contributed by atoms with E-state index < -0.39 is 0 Å². The van der Waals surface area contributed by atoms with Gasteiger partial charge in [0.1, 0.15) is 0 Å². The molecule has 1 aliphatic carbocycles. The van der Waals surface area contributed by atoms with Crippen molar-refractivity contribution >= 4 is 0 Å². The number of unbranched alkanes of at least 4 members (excludes halogenated alkanes) is 4. The summed E-state index contributed by atoms with van der Waals surface area (Å²) < 4.78 is 0.744. The third kappa shape index (κ3) is 6.32. The molecule has 4 heteroatoms. The molecule has 0 amide bonds. The van der Waals surface area contributed by atoms with E-state index in [0.29, 0.717) is 6.04 Å². The van der Waals surface area contributed by atoms with Crippen molar-refractivity contribution in [1.29, 1.82) is 0 Å². The predicted molar refractivity (Wildman–Crippen MR) is 101 cm³/mol. The van der Waals surface area contributed by atoms with Gasteiger partial charge >= 0.3 is 0 Å². The maximum Gasteiger partial charge on any atom is 0.233 e. The van der Waals surface area contributed by atoms with Gasteiger partial charge in [-0.1, -0.05) is 50.8 Å². The summed E-state index contributed by atoms with van der Waals surface area (Å²) in [7, 11) is 4.43. The van der Waals surface area contributed by atoms with Crippen LogP contribution in [0.3, 0.4) is 0 Å². The molecule has 0 bridgehead atoms. The Morgan fingerprint density at radius 1 is 1.29 bits per heavy atom. The van der Waals surface area contributed by atoms with Crippen LogP contribution in [0.1, 0.15) is 65.2 Å². The second-order valence-electron chi connectivity index (χ2n) is 7.76. The van der Waals surface area contributed by atoms with E-state index in [9.17, 15) is 5.11 Å². The van der Waals surface area contributed by atoms with Gasteiger partial charge in [-0.25, -0.2) is 10.7 Å². The average molecular weight is 340 g/mol. The summed E-state index contributed by atoms with van der Waals surface area (Å²) >= 11 is 0. The van der Waals surface area contributed by atoms with E-state index >= 15 is 0 Å². The molecule has 0 aliphatic heterocycles. The summed E-state index contributed by atoms with van der Waals surface area (Å²) in [6.07, 6.45) is 15.8. The van der Waals surface area contributed by atoms with Crippen LogP contribution < -0.4 is 5.90 Å². The number of allylic oxidation sites excluding steroid dienone is 2. The first kappa shape index (κ1) is 21.4. The van der Waals surface area contributed by atoms with Crippen molar-refractivity contribution in [2.75, 3.05) is 20.7 Å². The van der Waals surface area contributed by atoms with E-state index in [1.807, 2.05) is 0 Å². The summed E-state index contributed by atoms with van der Waals surface area (Å²) in [5.74, 6) is 5.93. The number of quaternary nitrogens is 1. The molecule has 0 saturated carbocycles. The van der Waals surface area contributed by atoms with Gasteiger partial charge in [0.2, 0.25) is 6.23 Å². The number of nitrogens with two attached hydrogens (primary N) is 1. The van der Waals surface area contributed by atoms with Crippen molar-refractivity contribution < 1.29 is 14.4 Å². The Morgan fingerprint density at radius 2 is 2.00 bits per heavy atom. The SMILES string of the molecule is CCCCCCCC(C)[N+](C)(C)C(ON)C1=CCC(CO)C=CC1. The van der Waals surface area contributed by atoms with Crippen LogP contribution >= 0.6 is 0 Å². The van der Waals surface area contributed by atoms with Crippen LogP contribution in [0, 0.1) is 5.92 Å². The molecule has 0 aromatic carbocycles. The fraction of sp³-hybridized carbons (Fsp3) is 0.800. The van der Waals surface area contributed by atoms with Crippen LogP contribution in [0.2, 0.25) is 0 Å². The van der Waals surface area contributed by atoms with Gasteiger partial charge in [-0.05, 0) is 32.6 Å². The van der Waals surface area contributed by atoms with Gasteiger partial charge in [0.25, 0.3) is 0 Å². The highest BCUT2D eigenvalue weighted by molar-refractivity contribution is 5.15. The lowest BCUT2D eigenvalue weighted by Gasteiger charge is -2.42. The van der Waals surface area contributed by atoms with Crippen molar-refractivity contribution in [3.05, 3.63) is 23.8 Å². The number of rotatable bonds is 11. The van der Waals surface area contributed by atoms with Gasteiger partial charge in [0, 0.05) is 18.1 Å². The maximum atomic E-state index is 9.36. The Balaban J connectivity index is 2.66. The van der Waals surface area contributed by atoms with Crippen LogP contribution in [-0.2, 0) is 4.84 Å². The van der Waals surface area contributed by atoms with E-state index in [2.05, 4.69) is 46.2 Å². The number of likely N-dealkylation sites (N-methyl/N-ethyl adjacent to an activating group) is 1. The standard InChI is InChI=1S/C20H39N2O2/c1-5-6-7-8-9-11-17(2)22(3,4)20(24-21)19-13-10-12-18(16-23)14-15-19/h10,12,15,17-18,20,23H,5-9,11,13-14,16,21H2,1-4H3/q+1. The molecular formula is C20H39N2O2+. The molecular weight excluding hydrogens is 300 g/mol. The summed E-state index contributed by atoms with van der Waals surface area (Å²) in [6, 6.07) is 0.488. The zero-order chi connectivity index (χ0) is 18.0. The van der Waals surface area contributed by atoms with Crippen LogP contribution in [0.25, 0.3) is 0 Å². The Morgan fingerprint density at radius 3 is 2.62 bits per heavy atom. The van der Waals surface area contributed by atoms with Crippen molar-refractivity contribution in [3.8, 4) is 0 Å². The molecule has 1 rings (SSSR count). The molecule has 3 atom stereocenters. The van der Waals surface area contributed by atoms with Gasteiger partial charge in [0.15, 0.2) is 0 Å². The van der Waals surface area contributed by atoms with Gasteiger partial charge in [-0.3, -0.25) is 4.48 Å². The first-order chi connectivity index (χ1) is 11.5. The smallest absolute Gasteiger partial charge is 0.233 e. The topological polar surface area (TPSA) is 55.5 Å². The highest BCUT2D eigenvalue weighted by atomic mass is 16.6. The molecule has 4 nitrogen and oxygen atoms in total. The number of hydrogen-bond acceptors (Lipinski definition) is 3. The van der Waals surface area contributed by atoms with E-state index in [0.717, 1.165) is 17.3 Å². The third-order valence-electron chi connectivity index (χ3n) is 5.59. The summed E-state index contributed by atoms with van der Waals surface area (Å²) in [5, 5.41) is 9.36. The Kier molecular flexibility index (Phi) is 9.82. The first-order valence-electron chi connectivity index (χ1n) is 9.62. The average Bonchev–Trinajstić information content (AvgIpc) is 2.80. The Bertz CT molecular complexity index is 404. The van der Waals surface area contributed by atoms with Gasteiger partial charge in [-0.2, -0.15) is 0 Å². The molecule has 0 radical (unpaired) electrons. The fourth-order valence-electron chi connectivity index (χ4n) is 3.48. The van der Waals surface area contributed by atoms with Crippen LogP contribution in [0.5, 0.6) is 0 Å². The molecule has 0 aromatic rings. The summed E-state index contributed by atoms with van der Waals surface area (Å²) in [4.78, 5) is 5.45. The molecule has 24 heavy (non-hydrogen) atoms. The summed E-state index contributed by atoms with van der Waals surface area (Å²) in [5.41, 5.74) is 1.23. The van der Waals surface area contributed by atoms with E-state index in [1.54, 1.807) is 0 Å². The van der Waals surface area contributed by atoms with E-state index in [-0.39, 0.29) is 18.8 Å². The van der Waals surface area contributed by atoms with Gasteiger partial charge in [0.05, 0.1) is 20.1 Å². The molecule has 0 saturated heterocycles. The highest BCUT2D eigenvalue weighted by Gasteiger charge is 2.36. The minimum atomic E-state index is -0.127. The number of nitrogens with zero attached hydrogens (tertiary/aromatic N) is 1. The second-order valence-corrected chi connectivity index (χ2v) is 7.76. The second kappa shape index (κ2) is 11.0. The van der Waals surface area contributed by atoms with Crippen LogP contribution in [0.4, 0.5) is 0 Å². The zero-order valence-corrected chi connectivity index (χ0v) is 16.2. The lowest BCUT2D eigenvalue weighted by molar-refractivity contribution is -0.953. The monoisotopic (exact) mass is 339 g/mol. The molecule has 0 aromatic heterocycles. The number of hydrogen-bond donors (Lipinski definition) is 2. The van der Waals surface area contributed by atoms with E-state index in [1.165, 1.54) is 44.1 Å². The number of aliphatic hydroxyl groups excluding tert-OH is 1. The molecule has 1 aliphatic rings. The molecule has 3 N–H and O–H groups in total. The molecule has 0 spiro atoms. The third-order valence-corrected chi connectivity index (χ3v) is 5.59. The highest BCUT2D eigenvalue weighted by Crippen LogP contribution is 2.28. The lowest BCUT2D eigenvalue weighted by Crippen LogP contribution is -2.57. The van der Waals surface area contributed by atoms with Gasteiger partial charge < -0.3 is 5.11 Å².